The molecule has 8 heteroatoms. The summed E-state index contributed by atoms with van der Waals surface area (Å²) in [6, 6.07) is 25.3. The van der Waals surface area contributed by atoms with Gasteiger partial charge >= 0.3 is 5.97 Å². The van der Waals surface area contributed by atoms with E-state index in [1.54, 1.807) is 0 Å². The summed E-state index contributed by atoms with van der Waals surface area (Å²) in [5.74, 6) is -0.922. The first-order valence-corrected chi connectivity index (χ1v) is 12.2. The minimum Gasteiger partial charge on any atom is -0.481 e. The third-order valence-corrected chi connectivity index (χ3v) is 7.12. The van der Waals surface area contributed by atoms with Crippen LogP contribution in [0.3, 0.4) is 0 Å². The lowest BCUT2D eigenvalue weighted by Crippen LogP contribution is -2.19. The lowest BCUT2D eigenvalue weighted by atomic mass is 10.0. The molecule has 0 amide bonds. The Hall–Kier alpha value is -4.56. The molecule has 0 bridgehead atoms. The van der Waals surface area contributed by atoms with E-state index in [4.69, 9.17) is 10.2 Å². The monoisotopic (exact) mass is 492 g/mol. The molecule has 2 N–H and O–H groups in total. The molecule has 176 valence electrons. The first kappa shape index (κ1) is 21.9. The average Bonchev–Trinajstić information content (AvgIpc) is 3.45. The van der Waals surface area contributed by atoms with E-state index in [0.29, 0.717) is 21.7 Å². The summed E-state index contributed by atoms with van der Waals surface area (Å²) < 4.78 is 2.28. The number of carbonyl (C=O) groups is 1. The quantitative estimate of drug-likeness (QED) is 0.328. The Kier molecular flexibility index (Phi) is 5.23. The number of H-pyrrole nitrogens is 1. The number of carboxylic acid groups (broad SMARTS) is 1. The molecule has 3 aromatic carbocycles. The van der Waals surface area contributed by atoms with Crippen LogP contribution in [0, 0.1) is 6.92 Å². The molecule has 0 saturated heterocycles. The van der Waals surface area contributed by atoms with Crippen LogP contribution in [0.1, 0.15) is 10.7 Å². The van der Waals surface area contributed by atoms with Crippen LogP contribution < -0.4 is 5.56 Å². The molecule has 0 unspecified atom stereocenters. The van der Waals surface area contributed by atoms with Crippen LogP contribution in [0.4, 0.5) is 0 Å². The molecule has 0 fully saturated rings. The predicted octanol–water partition coefficient (Wildman–Crippen LogP) is 5.57. The second-order valence-corrected chi connectivity index (χ2v) is 9.62. The number of nitrogens with one attached hydrogen (secondary N) is 1. The number of nitrogens with zero attached hydrogens (tertiary/aromatic N) is 3. The molecule has 0 spiro atoms. The summed E-state index contributed by atoms with van der Waals surface area (Å²) in [4.78, 5) is 32.8. The standard InChI is InChI=1S/C28H20N4O3S/c1-16-24(19-12-13-20-21(14-19)36-22(30-20)15-23(33)34)28(35)32-27(29-16)25(17-8-4-2-5-9-17)26(31-32)18-10-6-3-7-11-18/h2-14,29H,15H2,1H3,(H,33,34). The summed E-state index contributed by atoms with van der Waals surface area (Å²) in [6.07, 6.45) is -0.127. The number of aliphatic carboxylic acids is 1. The average molecular weight is 493 g/mol. The number of thiazole rings is 1. The highest BCUT2D eigenvalue weighted by atomic mass is 32.1. The van der Waals surface area contributed by atoms with Crippen LogP contribution >= 0.6 is 11.3 Å². The van der Waals surface area contributed by atoms with Gasteiger partial charge in [0.05, 0.1) is 27.8 Å². The predicted molar refractivity (Wildman–Crippen MR) is 141 cm³/mol. The largest absolute Gasteiger partial charge is 0.481 e. The van der Waals surface area contributed by atoms with Crippen molar-refractivity contribution in [3.63, 3.8) is 0 Å². The Balaban J connectivity index is 1.58. The highest BCUT2D eigenvalue weighted by molar-refractivity contribution is 7.18. The van der Waals surface area contributed by atoms with E-state index in [1.165, 1.54) is 15.9 Å². The van der Waals surface area contributed by atoms with E-state index < -0.39 is 5.97 Å². The fourth-order valence-electron chi connectivity index (χ4n) is 4.54. The van der Waals surface area contributed by atoms with Gasteiger partial charge in [-0.2, -0.15) is 9.61 Å². The summed E-state index contributed by atoms with van der Waals surface area (Å²) in [5.41, 5.74) is 6.56. The second kappa shape index (κ2) is 8.58. The van der Waals surface area contributed by atoms with Crippen LogP contribution in [-0.4, -0.2) is 30.7 Å². The Morgan fingerprint density at radius 2 is 1.64 bits per heavy atom. The van der Waals surface area contributed by atoms with Crippen LogP contribution in [0.5, 0.6) is 0 Å². The molecule has 7 nitrogen and oxygen atoms in total. The van der Waals surface area contributed by atoms with Gasteiger partial charge in [0.25, 0.3) is 5.56 Å². The topological polar surface area (TPSA) is 100 Å². The number of rotatable bonds is 5. The second-order valence-electron chi connectivity index (χ2n) is 8.51. The number of hydrogen-bond acceptors (Lipinski definition) is 5. The number of carboxylic acids is 1. The van der Waals surface area contributed by atoms with Crippen molar-refractivity contribution in [2.45, 2.75) is 13.3 Å². The summed E-state index contributed by atoms with van der Waals surface area (Å²) in [7, 11) is 0. The van der Waals surface area contributed by atoms with Crippen LogP contribution in [-0.2, 0) is 11.2 Å². The molecule has 3 aromatic heterocycles. The maximum atomic E-state index is 13.9. The minimum absolute atomic E-state index is 0.127. The van der Waals surface area contributed by atoms with Crippen molar-refractivity contribution in [2.24, 2.45) is 0 Å². The van der Waals surface area contributed by atoms with Crippen LogP contribution in [0.15, 0.2) is 83.7 Å². The molecule has 0 aliphatic heterocycles. The highest BCUT2D eigenvalue weighted by Gasteiger charge is 2.22. The SMILES string of the molecule is Cc1[nH]c2c(-c3ccccc3)c(-c3ccccc3)nn2c(=O)c1-c1ccc2nc(CC(=O)O)sc2c1. The van der Waals surface area contributed by atoms with Gasteiger partial charge in [-0.05, 0) is 30.2 Å². The van der Waals surface area contributed by atoms with E-state index in [9.17, 15) is 9.59 Å². The third-order valence-electron chi connectivity index (χ3n) is 6.11. The van der Waals surface area contributed by atoms with E-state index in [-0.39, 0.29) is 12.0 Å². The van der Waals surface area contributed by atoms with Gasteiger partial charge in [0.2, 0.25) is 0 Å². The Morgan fingerprint density at radius 1 is 0.944 bits per heavy atom. The Labute approximate surface area is 209 Å². The molecule has 6 rings (SSSR count). The van der Waals surface area contributed by atoms with Crippen molar-refractivity contribution in [1.29, 1.82) is 0 Å². The van der Waals surface area contributed by atoms with Crippen molar-refractivity contribution in [2.75, 3.05) is 0 Å². The van der Waals surface area contributed by atoms with Gasteiger partial charge in [0.1, 0.15) is 16.3 Å². The van der Waals surface area contributed by atoms with Crippen molar-refractivity contribution >= 4 is 33.2 Å². The first-order chi connectivity index (χ1) is 17.5. The molecular weight excluding hydrogens is 472 g/mol. The maximum absolute atomic E-state index is 13.9. The van der Waals surface area contributed by atoms with Crippen LogP contribution in [0.2, 0.25) is 0 Å². The van der Waals surface area contributed by atoms with E-state index in [0.717, 1.165) is 38.3 Å². The van der Waals surface area contributed by atoms with Gasteiger partial charge in [-0.25, -0.2) is 4.98 Å². The molecule has 6 aromatic rings. The zero-order chi connectivity index (χ0) is 24.8. The number of benzene rings is 3. The Bertz CT molecular complexity index is 1820. The fourth-order valence-corrected chi connectivity index (χ4v) is 5.53. The van der Waals surface area contributed by atoms with Crippen molar-refractivity contribution in [1.82, 2.24) is 19.6 Å². The van der Waals surface area contributed by atoms with Gasteiger partial charge in [0.15, 0.2) is 0 Å². The highest BCUT2D eigenvalue weighted by Crippen LogP contribution is 2.35. The third kappa shape index (κ3) is 3.68. The van der Waals surface area contributed by atoms with Crippen molar-refractivity contribution < 1.29 is 9.90 Å². The van der Waals surface area contributed by atoms with Gasteiger partial charge in [-0.3, -0.25) is 9.59 Å². The molecular formula is C28H20N4O3S. The molecule has 0 aliphatic rings. The van der Waals surface area contributed by atoms with Gasteiger partial charge in [-0.15, -0.1) is 11.3 Å². The fraction of sp³-hybridized carbons (Fsp3) is 0.0714. The number of aryl methyl sites for hydroxylation is 1. The molecule has 3 heterocycles. The number of hydrogen-bond donors (Lipinski definition) is 2. The van der Waals surface area contributed by atoms with Crippen molar-refractivity contribution in [3.05, 3.63) is 99.9 Å². The molecule has 36 heavy (non-hydrogen) atoms. The summed E-state index contributed by atoms with van der Waals surface area (Å²) in [6.45, 7) is 1.88. The number of fused-ring (bicyclic) bond motifs is 2. The minimum atomic E-state index is -0.922. The molecule has 0 aliphatic carbocycles. The van der Waals surface area contributed by atoms with Crippen LogP contribution in [0.25, 0.3) is 49.4 Å². The van der Waals surface area contributed by atoms with Gasteiger partial charge < -0.3 is 10.1 Å². The lowest BCUT2D eigenvalue weighted by molar-refractivity contribution is -0.136. The van der Waals surface area contributed by atoms with Crippen molar-refractivity contribution in [3.8, 4) is 33.5 Å². The molecule has 0 saturated carbocycles. The molecule has 0 atom stereocenters. The smallest absolute Gasteiger partial charge is 0.310 e. The van der Waals surface area contributed by atoms with E-state index >= 15 is 0 Å². The maximum Gasteiger partial charge on any atom is 0.310 e. The number of aromatic amines is 1. The van der Waals surface area contributed by atoms with E-state index in [1.807, 2.05) is 85.8 Å². The van der Waals surface area contributed by atoms with E-state index in [2.05, 4.69) is 9.97 Å². The Morgan fingerprint density at radius 3 is 2.33 bits per heavy atom. The van der Waals surface area contributed by atoms with Gasteiger partial charge in [0, 0.05) is 11.3 Å². The first-order valence-electron chi connectivity index (χ1n) is 11.4. The zero-order valence-corrected chi connectivity index (χ0v) is 20.0. The summed E-state index contributed by atoms with van der Waals surface area (Å²) >= 11 is 1.32. The summed E-state index contributed by atoms with van der Waals surface area (Å²) in [5, 5.41) is 14.4. The lowest BCUT2D eigenvalue weighted by Gasteiger charge is -2.08. The van der Waals surface area contributed by atoms with Gasteiger partial charge in [-0.1, -0.05) is 66.7 Å². The number of aromatic nitrogens is 4. The molecule has 0 radical (unpaired) electrons. The normalized spacial score (nSPS) is 11.4. The zero-order valence-electron chi connectivity index (χ0n) is 19.2.